The summed E-state index contributed by atoms with van der Waals surface area (Å²) in [6.45, 7) is 4.21. The summed E-state index contributed by atoms with van der Waals surface area (Å²) >= 11 is 0. The molecule has 0 saturated heterocycles. The van der Waals surface area contributed by atoms with Gasteiger partial charge < -0.3 is 5.11 Å². The SMILES string of the molecule is CC(C)c1cccc(O)c1.OO. The first-order valence-electron chi connectivity index (χ1n) is 3.69. The van der Waals surface area contributed by atoms with Crippen molar-refractivity contribution in [2.24, 2.45) is 0 Å². The second-order valence-electron chi connectivity index (χ2n) is 2.75. The van der Waals surface area contributed by atoms with Gasteiger partial charge in [-0.1, -0.05) is 26.0 Å². The summed E-state index contributed by atoms with van der Waals surface area (Å²) in [6.07, 6.45) is 0. The largest absolute Gasteiger partial charge is 0.508 e. The van der Waals surface area contributed by atoms with Crippen LogP contribution in [0.5, 0.6) is 5.75 Å². The van der Waals surface area contributed by atoms with Crippen LogP contribution in [0.2, 0.25) is 0 Å². The summed E-state index contributed by atoms with van der Waals surface area (Å²) in [5, 5.41) is 21.1. The molecule has 0 radical (unpaired) electrons. The molecule has 68 valence electrons. The lowest BCUT2D eigenvalue weighted by Gasteiger charge is -2.03. The van der Waals surface area contributed by atoms with E-state index in [2.05, 4.69) is 13.8 Å². The fourth-order valence-electron chi connectivity index (χ4n) is 0.884. The number of aromatic hydroxyl groups is 1. The van der Waals surface area contributed by atoms with E-state index in [0.29, 0.717) is 11.7 Å². The Morgan fingerprint density at radius 1 is 1.17 bits per heavy atom. The average molecular weight is 170 g/mol. The van der Waals surface area contributed by atoms with Gasteiger partial charge in [0.05, 0.1) is 0 Å². The zero-order valence-corrected chi connectivity index (χ0v) is 7.23. The Kier molecular flexibility index (Phi) is 5.08. The van der Waals surface area contributed by atoms with Crippen molar-refractivity contribution in [3.05, 3.63) is 29.8 Å². The minimum atomic E-state index is 0.353. The number of phenols is 1. The van der Waals surface area contributed by atoms with Crippen LogP contribution < -0.4 is 0 Å². The molecule has 12 heavy (non-hydrogen) atoms. The third-order valence-electron chi connectivity index (χ3n) is 1.54. The summed E-state index contributed by atoms with van der Waals surface area (Å²) in [4.78, 5) is 0. The Morgan fingerprint density at radius 3 is 2.08 bits per heavy atom. The molecule has 0 heterocycles. The van der Waals surface area contributed by atoms with Gasteiger partial charge in [0, 0.05) is 0 Å². The molecule has 1 aromatic rings. The minimum absolute atomic E-state index is 0.353. The highest BCUT2D eigenvalue weighted by Gasteiger charge is 1.97. The zero-order chi connectivity index (χ0) is 9.56. The minimum Gasteiger partial charge on any atom is -0.508 e. The summed E-state index contributed by atoms with van der Waals surface area (Å²) < 4.78 is 0. The smallest absolute Gasteiger partial charge is 0.115 e. The lowest BCUT2D eigenvalue weighted by Crippen LogP contribution is -1.84. The Labute approximate surface area is 71.8 Å². The topological polar surface area (TPSA) is 60.7 Å². The molecule has 3 nitrogen and oxygen atoms in total. The van der Waals surface area contributed by atoms with Crippen molar-refractivity contribution >= 4 is 0 Å². The second-order valence-corrected chi connectivity index (χ2v) is 2.75. The molecular formula is C9H14O3. The van der Waals surface area contributed by atoms with Crippen molar-refractivity contribution in [1.29, 1.82) is 0 Å². The normalized spacial score (nSPS) is 9.08. The van der Waals surface area contributed by atoms with Crippen LogP contribution >= 0.6 is 0 Å². The predicted octanol–water partition coefficient (Wildman–Crippen LogP) is 2.53. The summed E-state index contributed by atoms with van der Waals surface area (Å²) in [5.74, 6) is 0.846. The predicted molar refractivity (Wildman–Crippen MR) is 47.5 cm³/mol. The Morgan fingerprint density at radius 2 is 1.75 bits per heavy atom. The third-order valence-corrected chi connectivity index (χ3v) is 1.54. The van der Waals surface area contributed by atoms with Crippen LogP contribution in [0.15, 0.2) is 24.3 Å². The van der Waals surface area contributed by atoms with Crippen molar-refractivity contribution in [3.8, 4) is 5.75 Å². The average Bonchev–Trinajstić information content (AvgIpc) is 2.08. The van der Waals surface area contributed by atoms with E-state index in [9.17, 15) is 0 Å². The first kappa shape index (κ1) is 10.9. The molecule has 0 aliphatic carbocycles. The van der Waals surface area contributed by atoms with Crippen LogP contribution in [0.25, 0.3) is 0 Å². The molecule has 3 heteroatoms. The van der Waals surface area contributed by atoms with Gasteiger partial charge in [0.15, 0.2) is 0 Å². The van der Waals surface area contributed by atoms with Crippen LogP contribution in [0.4, 0.5) is 0 Å². The summed E-state index contributed by atoms with van der Waals surface area (Å²) in [5.41, 5.74) is 1.18. The summed E-state index contributed by atoms with van der Waals surface area (Å²) in [6, 6.07) is 7.37. The standard InChI is InChI=1S/C9H12O.H2O2/c1-7(2)8-4-3-5-9(10)6-8;1-2/h3-7,10H,1-2H3;1-2H. The maximum Gasteiger partial charge on any atom is 0.115 e. The zero-order valence-electron chi connectivity index (χ0n) is 7.23. The van der Waals surface area contributed by atoms with Crippen molar-refractivity contribution in [2.75, 3.05) is 0 Å². The molecule has 1 rings (SSSR count). The molecule has 0 saturated carbocycles. The van der Waals surface area contributed by atoms with E-state index in [-0.39, 0.29) is 0 Å². The van der Waals surface area contributed by atoms with Crippen LogP contribution in [-0.2, 0) is 0 Å². The van der Waals surface area contributed by atoms with Gasteiger partial charge in [-0.3, -0.25) is 10.5 Å². The van der Waals surface area contributed by atoms with E-state index >= 15 is 0 Å². The molecule has 0 unspecified atom stereocenters. The Balaban J connectivity index is 0.000000561. The van der Waals surface area contributed by atoms with E-state index < -0.39 is 0 Å². The monoisotopic (exact) mass is 170 g/mol. The van der Waals surface area contributed by atoms with Gasteiger partial charge in [0.25, 0.3) is 0 Å². The summed E-state index contributed by atoms with van der Waals surface area (Å²) in [7, 11) is 0. The van der Waals surface area contributed by atoms with Gasteiger partial charge in [0.2, 0.25) is 0 Å². The highest BCUT2D eigenvalue weighted by molar-refractivity contribution is 5.28. The number of phenolic OH excluding ortho intramolecular Hbond substituents is 1. The van der Waals surface area contributed by atoms with Crippen molar-refractivity contribution < 1.29 is 15.6 Å². The number of hydrogen-bond donors (Lipinski definition) is 3. The van der Waals surface area contributed by atoms with Gasteiger partial charge >= 0.3 is 0 Å². The number of hydrogen-bond acceptors (Lipinski definition) is 3. The number of rotatable bonds is 1. The molecule has 0 amide bonds. The van der Waals surface area contributed by atoms with Crippen LogP contribution in [0.1, 0.15) is 25.3 Å². The van der Waals surface area contributed by atoms with Gasteiger partial charge in [0.1, 0.15) is 5.75 Å². The molecule has 0 bridgehead atoms. The van der Waals surface area contributed by atoms with Crippen molar-refractivity contribution in [2.45, 2.75) is 19.8 Å². The van der Waals surface area contributed by atoms with Crippen LogP contribution in [-0.4, -0.2) is 15.6 Å². The Bertz CT molecular complexity index is 221. The van der Waals surface area contributed by atoms with E-state index in [1.165, 1.54) is 5.56 Å². The van der Waals surface area contributed by atoms with E-state index in [1.807, 2.05) is 12.1 Å². The molecule has 0 atom stereocenters. The van der Waals surface area contributed by atoms with E-state index in [4.69, 9.17) is 15.6 Å². The molecule has 1 aromatic carbocycles. The fourth-order valence-corrected chi connectivity index (χ4v) is 0.884. The van der Waals surface area contributed by atoms with Crippen LogP contribution in [0.3, 0.4) is 0 Å². The molecule has 0 fully saturated rings. The van der Waals surface area contributed by atoms with E-state index in [0.717, 1.165) is 0 Å². The van der Waals surface area contributed by atoms with Gasteiger partial charge in [-0.25, -0.2) is 0 Å². The van der Waals surface area contributed by atoms with Gasteiger partial charge in [-0.15, -0.1) is 0 Å². The Hall–Kier alpha value is -1.06. The highest BCUT2D eigenvalue weighted by Crippen LogP contribution is 2.18. The number of benzene rings is 1. The molecule has 0 aliphatic rings. The molecular weight excluding hydrogens is 156 g/mol. The fraction of sp³-hybridized carbons (Fsp3) is 0.333. The maximum absolute atomic E-state index is 9.06. The van der Waals surface area contributed by atoms with Crippen LogP contribution in [0, 0.1) is 0 Å². The maximum atomic E-state index is 9.06. The second kappa shape index (κ2) is 5.57. The van der Waals surface area contributed by atoms with Crippen molar-refractivity contribution in [3.63, 3.8) is 0 Å². The first-order chi connectivity index (χ1) is 5.70. The van der Waals surface area contributed by atoms with E-state index in [1.54, 1.807) is 12.1 Å². The molecule has 0 spiro atoms. The first-order valence-corrected chi connectivity index (χ1v) is 3.69. The quantitative estimate of drug-likeness (QED) is 0.448. The van der Waals surface area contributed by atoms with Crippen molar-refractivity contribution in [1.82, 2.24) is 0 Å². The molecule has 3 N–H and O–H groups in total. The highest BCUT2D eigenvalue weighted by atomic mass is 17.0. The van der Waals surface area contributed by atoms with Gasteiger partial charge in [-0.2, -0.15) is 0 Å². The molecule has 0 aliphatic heterocycles. The lowest BCUT2D eigenvalue weighted by atomic mass is 10.0. The lowest BCUT2D eigenvalue weighted by molar-refractivity contribution is -0.176. The third kappa shape index (κ3) is 3.37. The molecule has 0 aromatic heterocycles. The van der Waals surface area contributed by atoms with Gasteiger partial charge in [-0.05, 0) is 23.6 Å².